The number of nitrogens with one attached hydrogen (secondary N) is 3. The first-order valence-electron chi connectivity index (χ1n) is 8.03. The highest BCUT2D eigenvalue weighted by atomic mass is 16.1. The number of amides is 1. The largest absolute Gasteiger partial charge is 0.364 e. The van der Waals surface area contributed by atoms with E-state index >= 15 is 0 Å². The number of fused-ring (bicyclic) bond motifs is 1. The van der Waals surface area contributed by atoms with E-state index in [4.69, 9.17) is 5.73 Å². The number of piperazine rings is 1. The van der Waals surface area contributed by atoms with Gasteiger partial charge in [0.1, 0.15) is 12.0 Å². The molecule has 1 amide bonds. The van der Waals surface area contributed by atoms with E-state index in [-0.39, 0.29) is 0 Å². The van der Waals surface area contributed by atoms with Gasteiger partial charge in [0.2, 0.25) is 11.9 Å². The van der Waals surface area contributed by atoms with Crippen LogP contribution in [0, 0.1) is 0 Å². The molecule has 25 heavy (non-hydrogen) atoms. The molecule has 2 aromatic heterocycles. The Morgan fingerprint density at radius 2 is 2.04 bits per heavy atom. The van der Waals surface area contributed by atoms with E-state index < -0.39 is 5.91 Å². The second kappa shape index (κ2) is 6.36. The summed E-state index contributed by atoms with van der Waals surface area (Å²) in [4.78, 5) is 29.3. The van der Waals surface area contributed by atoms with Crippen molar-refractivity contribution in [2.75, 3.05) is 36.4 Å². The molecule has 1 fully saturated rings. The number of carbonyl (C=O) groups is 1. The Bertz CT molecular complexity index is 915. The zero-order valence-corrected chi connectivity index (χ0v) is 13.5. The van der Waals surface area contributed by atoms with Crippen LogP contribution in [0.5, 0.6) is 0 Å². The number of nitrogens with two attached hydrogens (primary N) is 1. The Labute approximate surface area is 143 Å². The van der Waals surface area contributed by atoms with Crippen molar-refractivity contribution in [3.8, 4) is 0 Å². The first kappa shape index (κ1) is 15.3. The number of hydrogen-bond donors (Lipinski definition) is 4. The van der Waals surface area contributed by atoms with Gasteiger partial charge in [-0.25, -0.2) is 9.97 Å². The number of H-pyrrole nitrogens is 1. The van der Waals surface area contributed by atoms with Crippen molar-refractivity contribution >= 4 is 34.4 Å². The smallest absolute Gasteiger partial charge is 0.265 e. The minimum absolute atomic E-state index is 0.383. The van der Waals surface area contributed by atoms with Crippen LogP contribution in [-0.2, 0) is 0 Å². The Morgan fingerprint density at radius 1 is 1.20 bits per heavy atom. The molecule has 3 aromatic rings. The maximum atomic E-state index is 11.3. The Hall–Kier alpha value is -3.20. The molecular formula is C16H18N8O. The summed E-state index contributed by atoms with van der Waals surface area (Å²) in [6, 6.07) is 7.40. The van der Waals surface area contributed by atoms with Crippen LogP contribution in [0.2, 0.25) is 0 Å². The molecule has 5 N–H and O–H groups in total. The fourth-order valence-corrected chi connectivity index (χ4v) is 2.84. The minimum atomic E-state index is -0.483. The van der Waals surface area contributed by atoms with Crippen LogP contribution in [-0.4, -0.2) is 52.0 Å². The average molecular weight is 338 g/mol. The maximum Gasteiger partial charge on any atom is 0.265 e. The van der Waals surface area contributed by atoms with Gasteiger partial charge in [-0.3, -0.25) is 4.79 Å². The van der Waals surface area contributed by atoms with E-state index in [1.807, 2.05) is 18.2 Å². The summed E-state index contributed by atoms with van der Waals surface area (Å²) in [7, 11) is 0. The third-order valence-corrected chi connectivity index (χ3v) is 4.10. The maximum absolute atomic E-state index is 11.3. The predicted octanol–water partition coefficient (Wildman–Crippen LogP) is 0.605. The first-order valence-corrected chi connectivity index (χ1v) is 8.03. The number of anilines is 3. The minimum Gasteiger partial charge on any atom is -0.364 e. The van der Waals surface area contributed by atoms with Crippen LogP contribution >= 0.6 is 0 Å². The van der Waals surface area contributed by atoms with Crippen molar-refractivity contribution in [1.29, 1.82) is 0 Å². The monoisotopic (exact) mass is 338 g/mol. The fourth-order valence-electron chi connectivity index (χ4n) is 2.84. The molecule has 1 saturated heterocycles. The quantitative estimate of drug-likeness (QED) is 0.549. The van der Waals surface area contributed by atoms with Gasteiger partial charge in [-0.1, -0.05) is 0 Å². The van der Waals surface area contributed by atoms with Gasteiger partial charge >= 0.3 is 0 Å². The van der Waals surface area contributed by atoms with Crippen molar-refractivity contribution < 1.29 is 4.79 Å². The molecule has 0 spiro atoms. The van der Waals surface area contributed by atoms with Gasteiger partial charge in [-0.2, -0.15) is 4.98 Å². The van der Waals surface area contributed by atoms with Crippen LogP contribution in [0.15, 0.2) is 30.6 Å². The molecule has 4 rings (SSSR count). The Morgan fingerprint density at radius 3 is 2.84 bits per heavy atom. The molecule has 0 aliphatic carbocycles. The van der Waals surface area contributed by atoms with Crippen LogP contribution < -0.4 is 21.3 Å². The number of hydrogen-bond acceptors (Lipinski definition) is 7. The van der Waals surface area contributed by atoms with Crippen LogP contribution in [0.4, 0.5) is 17.6 Å². The van der Waals surface area contributed by atoms with E-state index in [9.17, 15) is 4.79 Å². The molecule has 0 unspecified atom stereocenters. The SMILES string of the molecule is NC(=O)c1cc2cc(Nc3ncnc(N4CCNCC4)n3)ccc2[nH]1. The van der Waals surface area contributed by atoms with E-state index in [1.165, 1.54) is 6.33 Å². The molecule has 1 aliphatic heterocycles. The molecule has 0 bridgehead atoms. The summed E-state index contributed by atoms with van der Waals surface area (Å²) in [6.07, 6.45) is 1.51. The molecule has 0 atom stereocenters. The molecule has 3 heterocycles. The number of aromatic amines is 1. The zero-order chi connectivity index (χ0) is 17.2. The lowest BCUT2D eigenvalue weighted by molar-refractivity contribution is 0.0996. The number of benzene rings is 1. The average Bonchev–Trinajstić information content (AvgIpc) is 3.06. The van der Waals surface area contributed by atoms with Crippen LogP contribution in [0.25, 0.3) is 10.9 Å². The van der Waals surface area contributed by atoms with Gasteiger partial charge in [0.15, 0.2) is 0 Å². The lowest BCUT2D eigenvalue weighted by Gasteiger charge is -2.27. The molecule has 0 saturated carbocycles. The molecule has 9 nitrogen and oxygen atoms in total. The lowest BCUT2D eigenvalue weighted by atomic mass is 10.2. The normalized spacial score (nSPS) is 14.6. The number of rotatable bonds is 4. The summed E-state index contributed by atoms with van der Waals surface area (Å²) in [6.45, 7) is 3.57. The molecule has 128 valence electrons. The van der Waals surface area contributed by atoms with Crippen molar-refractivity contribution in [2.24, 2.45) is 5.73 Å². The summed E-state index contributed by atoms with van der Waals surface area (Å²) >= 11 is 0. The highest BCUT2D eigenvalue weighted by Crippen LogP contribution is 2.22. The van der Waals surface area contributed by atoms with Gasteiger partial charge in [-0.05, 0) is 24.3 Å². The number of primary amides is 1. The standard InChI is InChI=1S/C16H18N8O/c17-14(25)13-8-10-7-11(1-2-12(10)22-13)21-15-19-9-20-16(23-15)24-5-3-18-4-6-24/h1-2,7-9,18,22H,3-6H2,(H2,17,25)(H,19,20,21,23). The number of aromatic nitrogens is 4. The Kier molecular flexibility index (Phi) is 3.90. The zero-order valence-electron chi connectivity index (χ0n) is 13.5. The molecule has 9 heteroatoms. The summed E-state index contributed by atoms with van der Waals surface area (Å²) in [5.74, 6) is 0.662. The highest BCUT2D eigenvalue weighted by molar-refractivity contribution is 5.97. The van der Waals surface area contributed by atoms with E-state index in [0.29, 0.717) is 17.6 Å². The number of nitrogens with zero attached hydrogens (tertiary/aromatic N) is 4. The predicted molar refractivity (Wildman–Crippen MR) is 95.0 cm³/mol. The molecule has 0 radical (unpaired) electrons. The third-order valence-electron chi connectivity index (χ3n) is 4.10. The summed E-state index contributed by atoms with van der Waals surface area (Å²) in [5, 5.41) is 7.37. The molecule has 1 aliphatic rings. The fraction of sp³-hybridized carbons (Fsp3) is 0.250. The van der Waals surface area contributed by atoms with Gasteiger partial charge in [-0.15, -0.1) is 0 Å². The highest BCUT2D eigenvalue weighted by Gasteiger charge is 2.14. The van der Waals surface area contributed by atoms with Crippen molar-refractivity contribution in [2.45, 2.75) is 0 Å². The van der Waals surface area contributed by atoms with Gasteiger partial charge in [0.25, 0.3) is 5.91 Å². The topological polar surface area (TPSA) is 125 Å². The molecule has 1 aromatic carbocycles. The van der Waals surface area contributed by atoms with Gasteiger partial charge in [0, 0.05) is 42.8 Å². The van der Waals surface area contributed by atoms with E-state index in [1.54, 1.807) is 6.07 Å². The van der Waals surface area contributed by atoms with Crippen molar-refractivity contribution in [3.63, 3.8) is 0 Å². The summed E-state index contributed by atoms with van der Waals surface area (Å²) in [5.41, 5.74) is 7.35. The number of carbonyl (C=O) groups excluding carboxylic acids is 1. The van der Waals surface area contributed by atoms with Crippen molar-refractivity contribution in [1.82, 2.24) is 25.3 Å². The first-order chi connectivity index (χ1) is 12.2. The van der Waals surface area contributed by atoms with E-state index in [2.05, 4.69) is 35.5 Å². The van der Waals surface area contributed by atoms with Gasteiger partial charge < -0.3 is 26.3 Å². The van der Waals surface area contributed by atoms with E-state index in [0.717, 1.165) is 42.8 Å². The lowest BCUT2D eigenvalue weighted by Crippen LogP contribution is -2.44. The molecular weight excluding hydrogens is 320 g/mol. The van der Waals surface area contributed by atoms with Gasteiger partial charge in [0.05, 0.1) is 0 Å². The van der Waals surface area contributed by atoms with Crippen LogP contribution in [0.1, 0.15) is 10.5 Å². The second-order valence-electron chi connectivity index (χ2n) is 5.82. The summed E-state index contributed by atoms with van der Waals surface area (Å²) < 4.78 is 0. The van der Waals surface area contributed by atoms with Crippen LogP contribution in [0.3, 0.4) is 0 Å². The van der Waals surface area contributed by atoms with Crippen molar-refractivity contribution in [3.05, 3.63) is 36.3 Å². The Balaban J connectivity index is 1.57. The second-order valence-corrected chi connectivity index (χ2v) is 5.82. The third kappa shape index (κ3) is 3.22.